The summed E-state index contributed by atoms with van der Waals surface area (Å²) in [5.74, 6) is 1.09. The smallest absolute Gasteiger partial charge is 0.256 e. The Labute approximate surface area is 109 Å². The molecule has 0 aromatic carbocycles. The molecule has 1 rings (SSSR count). The van der Waals surface area contributed by atoms with E-state index in [0.717, 1.165) is 12.8 Å². The third kappa shape index (κ3) is 6.21. The highest BCUT2D eigenvalue weighted by atomic mass is 32.2. The Morgan fingerprint density at radius 1 is 1.53 bits per heavy atom. The lowest BCUT2D eigenvalue weighted by atomic mass is 10.1. The van der Waals surface area contributed by atoms with E-state index in [1.807, 2.05) is 0 Å². The van der Waals surface area contributed by atoms with E-state index in [-0.39, 0.29) is 17.5 Å². The Morgan fingerprint density at radius 3 is 2.76 bits per heavy atom. The Morgan fingerprint density at radius 2 is 2.24 bits per heavy atom. The Bertz CT molecular complexity index is 352. The molecule has 1 heterocycles. The van der Waals surface area contributed by atoms with Crippen molar-refractivity contribution >= 4 is 27.2 Å². The number of ether oxygens (including phenoxy) is 1. The van der Waals surface area contributed by atoms with Crippen LogP contribution in [0.3, 0.4) is 0 Å². The van der Waals surface area contributed by atoms with Crippen LogP contribution in [0.2, 0.25) is 0 Å². The molecular formula is C11H21NO3S2. The van der Waals surface area contributed by atoms with E-state index in [0.29, 0.717) is 24.1 Å². The summed E-state index contributed by atoms with van der Waals surface area (Å²) in [6, 6.07) is -0.0717. The number of hydrogen-bond donors (Lipinski definition) is 1. The fourth-order valence-electron chi connectivity index (χ4n) is 1.77. The quantitative estimate of drug-likeness (QED) is 0.610. The molecule has 4 nitrogen and oxygen atoms in total. The molecule has 1 aliphatic rings. The van der Waals surface area contributed by atoms with Crippen LogP contribution in [0.5, 0.6) is 0 Å². The summed E-state index contributed by atoms with van der Waals surface area (Å²) in [5.41, 5.74) is 0. The van der Waals surface area contributed by atoms with E-state index in [9.17, 15) is 8.42 Å². The van der Waals surface area contributed by atoms with E-state index >= 15 is 0 Å². The number of thiocarbonyl (C=S) groups is 1. The lowest BCUT2D eigenvalue weighted by Gasteiger charge is -2.14. The zero-order valence-electron chi connectivity index (χ0n) is 10.4. The van der Waals surface area contributed by atoms with Crippen molar-refractivity contribution in [1.29, 1.82) is 0 Å². The van der Waals surface area contributed by atoms with Gasteiger partial charge in [0.15, 0.2) is 9.84 Å². The molecular weight excluding hydrogens is 258 g/mol. The summed E-state index contributed by atoms with van der Waals surface area (Å²) in [6.07, 6.45) is 2.71. The van der Waals surface area contributed by atoms with Crippen LogP contribution in [0.4, 0.5) is 0 Å². The van der Waals surface area contributed by atoms with Gasteiger partial charge < -0.3 is 10.1 Å². The molecule has 1 aliphatic heterocycles. The minimum atomic E-state index is -2.86. The highest BCUT2D eigenvalue weighted by molar-refractivity contribution is 7.91. The Kier molecular flexibility index (Phi) is 5.66. The van der Waals surface area contributed by atoms with Crippen LogP contribution in [0.15, 0.2) is 0 Å². The van der Waals surface area contributed by atoms with E-state index < -0.39 is 9.84 Å². The van der Waals surface area contributed by atoms with Crippen molar-refractivity contribution in [2.24, 2.45) is 5.92 Å². The van der Waals surface area contributed by atoms with Gasteiger partial charge in [0.2, 0.25) is 0 Å². The number of sulfone groups is 1. The van der Waals surface area contributed by atoms with Crippen molar-refractivity contribution in [2.75, 3.05) is 18.1 Å². The van der Waals surface area contributed by atoms with Gasteiger partial charge in [-0.15, -0.1) is 0 Å². The van der Waals surface area contributed by atoms with E-state index in [1.54, 1.807) is 0 Å². The maximum atomic E-state index is 11.2. The van der Waals surface area contributed by atoms with Crippen LogP contribution in [-0.2, 0) is 14.6 Å². The molecule has 0 spiro atoms. The summed E-state index contributed by atoms with van der Waals surface area (Å²) in [5, 5.41) is 3.28. The topological polar surface area (TPSA) is 55.4 Å². The Hall–Kier alpha value is -0.360. The molecule has 17 heavy (non-hydrogen) atoms. The maximum absolute atomic E-state index is 11.2. The average molecular weight is 279 g/mol. The Balaban J connectivity index is 2.14. The van der Waals surface area contributed by atoms with Crippen molar-refractivity contribution in [1.82, 2.24) is 5.32 Å². The van der Waals surface area contributed by atoms with Crippen LogP contribution in [-0.4, -0.2) is 37.7 Å². The van der Waals surface area contributed by atoms with Crippen LogP contribution in [0.25, 0.3) is 0 Å². The SMILES string of the molecule is CC(C)CCCOC(=S)NC1CCS(=O)(=O)C1. The van der Waals surface area contributed by atoms with Gasteiger partial charge in [0.05, 0.1) is 18.1 Å². The summed E-state index contributed by atoms with van der Waals surface area (Å²) in [6.45, 7) is 4.93. The highest BCUT2D eigenvalue weighted by Crippen LogP contribution is 2.11. The van der Waals surface area contributed by atoms with Gasteiger partial charge in [-0.1, -0.05) is 13.8 Å². The molecule has 0 aliphatic carbocycles. The first kappa shape index (κ1) is 14.7. The first-order chi connectivity index (χ1) is 7.89. The molecule has 0 aromatic rings. The molecule has 1 N–H and O–H groups in total. The second-order valence-electron chi connectivity index (χ2n) is 4.92. The van der Waals surface area contributed by atoms with E-state index in [2.05, 4.69) is 19.2 Å². The van der Waals surface area contributed by atoms with Gasteiger partial charge in [0.1, 0.15) is 0 Å². The van der Waals surface area contributed by atoms with Crippen molar-refractivity contribution in [3.05, 3.63) is 0 Å². The standard InChI is InChI=1S/C11H21NO3S2/c1-9(2)4-3-6-15-11(16)12-10-5-7-17(13,14)8-10/h9-10H,3-8H2,1-2H3,(H,12,16). The predicted molar refractivity (Wildman–Crippen MR) is 72.8 cm³/mol. The molecule has 100 valence electrons. The number of rotatable bonds is 5. The minimum Gasteiger partial charge on any atom is -0.471 e. The van der Waals surface area contributed by atoms with Gasteiger partial charge in [-0.3, -0.25) is 0 Å². The third-order valence-corrected chi connectivity index (χ3v) is 4.72. The molecule has 1 unspecified atom stereocenters. The van der Waals surface area contributed by atoms with Gasteiger partial charge in [-0.05, 0) is 37.4 Å². The summed E-state index contributed by atoms with van der Waals surface area (Å²) >= 11 is 5.02. The average Bonchev–Trinajstić information content (AvgIpc) is 2.52. The number of nitrogens with one attached hydrogen (secondary N) is 1. The zero-order valence-corrected chi connectivity index (χ0v) is 12.1. The summed E-state index contributed by atoms with van der Waals surface area (Å²) < 4.78 is 27.8. The minimum absolute atomic E-state index is 0.0717. The fraction of sp³-hybridized carbons (Fsp3) is 0.909. The van der Waals surface area contributed by atoms with Crippen LogP contribution >= 0.6 is 12.2 Å². The number of hydrogen-bond acceptors (Lipinski definition) is 4. The monoisotopic (exact) mass is 279 g/mol. The highest BCUT2D eigenvalue weighted by Gasteiger charge is 2.28. The molecule has 1 fully saturated rings. The van der Waals surface area contributed by atoms with Gasteiger partial charge in [0.25, 0.3) is 5.17 Å². The van der Waals surface area contributed by atoms with E-state index in [1.165, 1.54) is 0 Å². The summed E-state index contributed by atoms with van der Waals surface area (Å²) in [7, 11) is -2.86. The van der Waals surface area contributed by atoms with Gasteiger partial charge >= 0.3 is 0 Å². The lowest BCUT2D eigenvalue weighted by Crippen LogP contribution is -2.36. The maximum Gasteiger partial charge on any atom is 0.256 e. The molecule has 6 heteroatoms. The molecule has 0 radical (unpaired) electrons. The largest absolute Gasteiger partial charge is 0.471 e. The summed E-state index contributed by atoms with van der Waals surface area (Å²) in [4.78, 5) is 0. The molecule has 1 saturated heterocycles. The molecule has 0 saturated carbocycles. The van der Waals surface area contributed by atoms with Crippen LogP contribution in [0, 0.1) is 5.92 Å². The molecule has 1 atom stereocenters. The predicted octanol–water partition coefficient (Wildman–Crippen LogP) is 1.50. The normalized spacial score (nSPS) is 22.6. The molecule has 0 aromatic heterocycles. The fourth-order valence-corrected chi connectivity index (χ4v) is 3.70. The first-order valence-electron chi connectivity index (χ1n) is 6.03. The zero-order chi connectivity index (χ0) is 12.9. The van der Waals surface area contributed by atoms with Crippen LogP contribution in [0.1, 0.15) is 33.1 Å². The molecule has 0 bridgehead atoms. The second kappa shape index (κ2) is 6.54. The first-order valence-corrected chi connectivity index (χ1v) is 8.26. The third-order valence-electron chi connectivity index (χ3n) is 2.71. The van der Waals surface area contributed by atoms with E-state index in [4.69, 9.17) is 17.0 Å². The van der Waals surface area contributed by atoms with Crippen molar-refractivity contribution in [2.45, 2.75) is 39.2 Å². The van der Waals surface area contributed by atoms with Crippen molar-refractivity contribution in [3.8, 4) is 0 Å². The van der Waals surface area contributed by atoms with Gasteiger partial charge in [0, 0.05) is 6.04 Å². The van der Waals surface area contributed by atoms with Crippen molar-refractivity contribution in [3.63, 3.8) is 0 Å². The lowest BCUT2D eigenvalue weighted by molar-refractivity contribution is 0.277. The second-order valence-corrected chi connectivity index (χ2v) is 7.52. The van der Waals surface area contributed by atoms with Gasteiger partial charge in [-0.25, -0.2) is 8.42 Å². The van der Waals surface area contributed by atoms with Crippen LogP contribution < -0.4 is 5.32 Å². The van der Waals surface area contributed by atoms with Gasteiger partial charge in [-0.2, -0.15) is 0 Å². The molecule has 0 amide bonds. The van der Waals surface area contributed by atoms with Crippen molar-refractivity contribution < 1.29 is 13.2 Å².